The average molecular weight is 296 g/mol. The smallest absolute Gasteiger partial charge is 0.155 e. The number of nitrogens with one attached hydrogen (secondary N) is 1. The van der Waals surface area contributed by atoms with Crippen LogP contribution in [0.4, 0.5) is 0 Å². The number of likely N-dealkylation sites (tertiary alicyclic amines) is 1. The van der Waals surface area contributed by atoms with Crippen LogP contribution in [0.15, 0.2) is 30.9 Å². The fourth-order valence-corrected chi connectivity index (χ4v) is 3.27. The second kappa shape index (κ2) is 5.53. The molecular weight excluding hydrogens is 276 g/mol. The van der Waals surface area contributed by atoms with E-state index in [0.717, 1.165) is 42.2 Å². The number of hydrogen-bond acceptors (Lipinski definition) is 4. The summed E-state index contributed by atoms with van der Waals surface area (Å²) in [6, 6.07) is 4.42. The molecule has 3 aromatic heterocycles. The van der Waals surface area contributed by atoms with Crippen LogP contribution >= 0.6 is 0 Å². The highest BCUT2D eigenvalue weighted by Gasteiger charge is 2.26. The number of aromatic amines is 1. The largest absolute Gasteiger partial charge is 0.348 e. The van der Waals surface area contributed by atoms with Crippen molar-refractivity contribution in [1.82, 2.24) is 29.5 Å². The third kappa shape index (κ3) is 2.39. The van der Waals surface area contributed by atoms with Gasteiger partial charge in [-0.1, -0.05) is 6.42 Å². The van der Waals surface area contributed by atoms with Crippen molar-refractivity contribution >= 4 is 5.65 Å². The number of imidazole rings is 1. The van der Waals surface area contributed by atoms with Gasteiger partial charge in [0.25, 0.3) is 0 Å². The molecule has 0 aromatic carbocycles. The fraction of sp³-hybridized carbons (Fsp3) is 0.438. The highest BCUT2D eigenvalue weighted by molar-refractivity contribution is 5.37. The molecule has 3 aromatic rings. The van der Waals surface area contributed by atoms with Gasteiger partial charge in [-0.05, 0) is 32.4 Å². The molecule has 4 heterocycles. The standard InChI is InChI=1S/C16H20N6/c1-12-14(18-11-17-12)10-21-8-3-2-4-15(21)13-6-9-22-16(20-13)5-7-19-22/h5-7,9,11,15H,2-4,8,10H2,1H3,(H,17,18)/t15-/m0/s1. The topological polar surface area (TPSA) is 62.1 Å². The third-order valence-corrected chi connectivity index (χ3v) is 4.52. The molecule has 1 saturated heterocycles. The van der Waals surface area contributed by atoms with Crippen molar-refractivity contribution in [1.29, 1.82) is 0 Å². The number of rotatable bonds is 3. The van der Waals surface area contributed by atoms with Crippen LogP contribution in [-0.4, -0.2) is 36.0 Å². The molecule has 0 amide bonds. The zero-order valence-electron chi connectivity index (χ0n) is 12.7. The van der Waals surface area contributed by atoms with Gasteiger partial charge in [0.1, 0.15) is 0 Å². The molecule has 0 aliphatic carbocycles. The number of aromatic nitrogens is 5. The van der Waals surface area contributed by atoms with Crippen molar-refractivity contribution < 1.29 is 0 Å². The molecule has 0 bridgehead atoms. The van der Waals surface area contributed by atoms with Gasteiger partial charge in [-0.25, -0.2) is 14.5 Å². The van der Waals surface area contributed by atoms with E-state index in [1.807, 2.05) is 16.8 Å². The SMILES string of the molecule is Cc1[nH]cnc1CN1CCCC[C@H]1c1ccn2nccc2n1. The first-order valence-corrected chi connectivity index (χ1v) is 7.84. The maximum Gasteiger partial charge on any atom is 0.155 e. The zero-order valence-corrected chi connectivity index (χ0v) is 12.7. The molecule has 1 atom stereocenters. The molecule has 6 heteroatoms. The number of H-pyrrole nitrogens is 1. The Morgan fingerprint density at radius 1 is 1.32 bits per heavy atom. The van der Waals surface area contributed by atoms with Gasteiger partial charge in [0.2, 0.25) is 0 Å². The Morgan fingerprint density at radius 3 is 3.14 bits per heavy atom. The quantitative estimate of drug-likeness (QED) is 0.806. The predicted octanol–water partition coefficient (Wildman–Crippen LogP) is 2.49. The highest BCUT2D eigenvalue weighted by Crippen LogP contribution is 2.31. The Balaban J connectivity index is 1.63. The predicted molar refractivity (Wildman–Crippen MR) is 83.3 cm³/mol. The van der Waals surface area contributed by atoms with Crippen molar-refractivity contribution in [2.45, 2.75) is 38.8 Å². The minimum atomic E-state index is 0.366. The number of hydrogen-bond donors (Lipinski definition) is 1. The molecule has 1 N–H and O–H groups in total. The first-order valence-electron chi connectivity index (χ1n) is 7.84. The molecule has 4 rings (SSSR count). The minimum absolute atomic E-state index is 0.366. The van der Waals surface area contributed by atoms with Crippen LogP contribution in [0.5, 0.6) is 0 Å². The van der Waals surface area contributed by atoms with Crippen LogP contribution in [0, 0.1) is 6.92 Å². The van der Waals surface area contributed by atoms with Gasteiger partial charge < -0.3 is 4.98 Å². The summed E-state index contributed by atoms with van der Waals surface area (Å²) in [6.07, 6.45) is 9.23. The van der Waals surface area contributed by atoms with Crippen molar-refractivity contribution in [2.75, 3.05) is 6.54 Å². The van der Waals surface area contributed by atoms with E-state index in [1.165, 1.54) is 12.8 Å². The maximum absolute atomic E-state index is 4.79. The van der Waals surface area contributed by atoms with E-state index in [4.69, 9.17) is 4.98 Å². The highest BCUT2D eigenvalue weighted by atomic mass is 15.2. The minimum Gasteiger partial charge on any atom is -0.348 e. The normalized spacial score (nSPS) is 19.8. The first kappa shape index (κ1) is 13.5. The van der Waals surface area contributed by atoms with E-state index in [2.05, 4.69) is 33.0 Å². The summed E-state index contributed by atoms with van der Waals surface area (Å²) in [4.78, 5) is 14.9. The van der Waals surface area contributed by atoms with E-state index < -0.39 is 0 Å². The van der Waals surface area contributed by atoms with Crippen molar-refractivity contribution in [3.05, 3.63) is 47.9 Å². The van der Waals surface area contributed by atoms with Gasteiger partial charge in [-0.2, -0.15) is 5.10 Å². The monoisotopic (exact) mass is 296 g/mol. The Labute approximate surface area is 129 Å². The molecule has 22 heavy (non-hydrogen) atoms. The molecule has 0 radical (unpaired) electrons. The number of fused-ring (bicyclic) bond motifs is 1. The number of piperidine rings is 1. The van der Waals surface area contributed by atoms with Gasteiger partial charge >= 0.3 is 0 Å². The molecule has 6 nitrogen and oxygen atoms in total. The summed E-state index contributed by atoms with van der Waals surface area (Å²) in [6.45, 7) is 4.06. The van der Waals surface area contributed by atoms with Crippen LogP contribution in [-0.2, 0) is 6.54 Å². The molecular formula is C16H20N6. The summed E-state index contributed by atoms with van der Waals surface area (Å²) in [7, 11) is 0. The Bertz CT molecular complexity index is 774. The number of nitrogens with zero attached hydrogens (tertiary/aromatic N) is 5. The Morgan fingerprint density at radius 2 is 2.27 bits per heavy atom. The molecule has 0 saturated carbocycles. The van der Waals surface area contributed by atoms with Gasteiger partial charge in [0, 0.05) is 24.5 Å². The second-order valence-electron chi connectivity index (χ2n) is 5.94. The summed E-state index contributed by atoms with van der Waals surface area (Å²) in [5.74, 6) is 0. The van der Waals surface area contributed by atoms with Crippen LogP contribution in [0.3, 0.4) is 0 Å². The van der Waals surface area contributed by atoms with Crippen LogP contribution in [0.2, 0.25) is 0 Å². The summed E-state index contributed by atoms with van der Waals surface area (Å²) in [5.41, 5.74) is 4.35. The molecule has 1 aliphatic heterocycles. The van der Waals surface area contributed by atoms with Gasteiger partial charge in [0.15, 0.2) is 5.65 Å². The lowest BCUT2D eigenvalue weighted by Gasteiger charge is -2.35. The maximum atomic E-state index is 4.79. The molecule has 0 unspecified atom stereocenters. The van der Waals surface area contributed by atoms with Gasteiger partial charge in [-0.15, -0.1) is 0 Å². The lowest BCUT2D eigenvalue weighted by atomic mass is 9.98. The summed E-state index contributed by atoms with van der Waals surface area (Å²) in [5, 5.41) is 4.22. The Hall–Kier alpha value is -2.21. The second-order valence-corrected chi connectivity index (χ2v) is 5.94. The van der Waals surface area contributed by atoms with Gasteiger partial charge in [0.05, 0.1) is 30.0 Å². The molecule has 1 aliphatic rings. The molecule has 0 spiro atoms. The summed E-state index contributed by atoms with van der Waals surface area (Å²) < 4.78 is 1.81. The van der Waals surface area contributed by atoms with Crippen LogP contribution < -0.4 is 0 Å². The first-order chi connectivity index (χ1) is 10.8. The van der Waals surface area contributed by atoms with E-state index in [0.29, 0.717) is 6.04 Å². The number of aryl methyl sites for hydroxylation is 1. The van der Waals surface area contributed by atoms with Crippen molar-refractivity contribution in [3.8, 4) is 0 Å². The van der Waals surface area contributed by atoms with E-state index in [-0.39, 0.29) is 0 Å². The van der Waals surface area contributed by atoms with Gasteiger partial charge in [-0.3, -0.25) is 4.90 Å². The van der Waals surface area contributed by atoms with Crippen LogP contribution in [0.1, 0.15) is 42.4 Å². The lowest BCUT2D eigenvalue weighted by molar-refractivity contribution is 0.135. The van der Waals surface area contributed by atoms with E-state index in [9.17, 15) is 0 Å². The molecule has 1 fully saturated rings. The average Bonchev–Trinajstić information content (AvgIpc) is 3.16. The fourth-order valence-electron chi connectivity index (χ4n) is 3.27. The zero-order chi connectivity index (χ0) is 14.9. The van der Waals surface area contributed by atoms with E-state index in [1.54, 1.807) is 12.5 Å². The molecule has 114 valence electrons. The summed E-state index contributed by atoms with van der Waals surface area (Å²) >= 11 is 0. The van der Waals surface area contributed by atoms with Crippen LogP contribution in [0.25, 0.3) is 5.65 Å². The third-order valence-electron chi connectivity index (χ3n) is 4.52. The Kier molecular flexibility index (Phi) is 3.38. The van der Waals surface area contributed by atoms with E-state index >= 15 is 0 Å². The van der Waals surface area contributed by atoms with Crippen molar-refractivity contribution in [3.63, 3.8) is 0 Å². The van der Waals surface area contributed by atoms with Crippen molar-refractivity contribution in [2.24, 2.45) is 0 Å². The lowest BCUT2D eigenvalue weighted by Crippen LogP contribution is -2.33.